The van der Waals surface area contributed by atoms with E-state index >= 15 is 0 Å². The number of amides is 1. The summed E-state index contributed by atoms with van der Waals surface area (Å²) in [6.07, 6.45) is 1.45. The van der Waals surface area contributed by atoms with Crippen LogP contribution in [-0.4, -0.2) is 21.1 Å². The highest BCUT2D eigenvalue weighted by Gasteiger charge is 2.19. The van der Waals surface area contributed by atoms with E-state index in [-0.39, 0.29) is 11.6 Å². The predicted octanol–water partition coefficient (Wildman–Crippen LogP) is 2.42. The molecule has 0 spiro atoms. The fourth-order valence-electron chi connectivity index (χ4n) is 1.60. The second-order valence-corrected chi connectivity index (χ2v) is 4.81. The van der Waals surface area contributed by atoms with E-state index in [4.69, 9.17) is 17.3 Å². The van der Waals surface area contributed by atoms with Crippen LogP contribution in [0.15, 0.2) is 18.3 Å². The summed E-state index contributed by atoms with van der Waals surface area (Å²) >= 11 is 5.72. The third-order valence-corrected chi connectivity index (χ3v) is 2.82. The Morgan fingerprint density at radius 1 is 1.47 bits per heavy atom. The first-order valence-corrected chi connectivity index (χ1v) is 6.13. The van der Waals surface area contributed by atoms with Crippen LogP contribution >= 0.6 is 11.6 Å². The van der Waals surface area contributed by atoms with E-state index in [0.29, 0.717) is 16.5 Å². The van der Waals surface area contributed by atoms with Crippen LogP contribution in [0.1, 0.15) is 35.9 Å². The molecule has 2 aromatic heterocycles. The molecule has 0 aliphatic rings. The van der Waals surface area contributed by atoms with Gasteiger partial charge in [-0.25, -0.2) is 4.98 Å². The third kappa shape index (κ3) is 2.85. The zero-order valence-electron chi connectivity index (χ0n) is 10.6. The summed E-state index contributed by atoms with van der Waals surface area (Å²) in [5.41, 5.74) is 7.16. The van der Waals surface area contributed by atoms with E-state index in [1.807, 2.05) is 13.8 Å². The van der Waals surface area contributed by atoms with Crippen LogP contribution in [0.4, 0.5) is 11.5 Å². The summed E-state index contributed by atoms with van der Waals surface area (Å²) in [6, 6.07) is 3.24. The maximum atomic E-state index is 12.0. The van der Waals surface area contributed by atoms with Crippen molar-refractivity contribution >= 4 is 29.0 Å². The number of H-pyrrole nitrogens is 1. The maximum absolute atomic E-state index is 12.0. The van der Waals surface area contributed by atoms with Gasteiger partial charge >= 0.3 is 0 Å². The number of hydrogen-bond acceptors (Lipinski definition) is 4. The van der Waals surface area contributed by atoms with Gasteiger partial charge in [0.15, 0.2) is 5.69 Å². The Morgan fingerprint density at radius 3 is 2.74 bits per heavy atom. The summed E-state index contributed by atoms with van der Waals surface area (Å²) in [6.45, 7) is 3.93. The van der Waals surface area contributed by atoms with Crippen molar-refractivity contribution in [2.45, 2.75) is 19.8 Å². The van der Waals surface area contributed by atoms with Gasteiger partial charge in [-0.1, -0.05) is 25.4 Å². The van der Waals surface area contributed by atoms with Crippen molar-refractivity contribution in [3.8, 4) is 0 Å². The molecule has 0 fully saturated rings. The van der Waals surface area contributed by atoms with E-state index in [1.54, 1.807) is 12.1 Å². The van der Waals surface area contributed by atoms with Gasteiger partial charge in [-0.15, -0.1) is 0 Å². The number of carbonyl (C=O) groups is 1. The number of hydrogen-bond donors (Lipinski definition) is 3. The lowest BCUT2D eigenvalue weighted by Crippen LogP contribution is -2.15. The normalized spacial score (nSPS) is 10.7. The first-order valence-electron chi connectivity index (χ1n) is 5.75. The molecule has 0 saturated carbocycles. The van der Waals surface area contributed by atoms with Gasteiger partial charge in [-0.2, -0.15) is 5.10 Å². The molecular weight excluding hydrogens is 266 g/mol. The zero-order valence-corrected chi connectivity index (χ0v) is 11.3. The summed E-state index contributed by atoms with van der Waals surface area (Å²) < 4.78 is 0. The number of aromatic nitrogens is 3. The lowest BCUT2D eigenvalue weighted by molar-refractivity contribution is 0.102. The Bertz CT molecular complexity index is 591. The third-order valence-electron chi connectivity index (χ3n) is 2.59. The Labute approximate surface area is 115 Å². The number of rotatable bonds is 3. The van der Waals surface area contributed by atoms with E-state index in [1.165, 1.54) is 6.20 Å². The molecular formula is C12H14ClN5O. The first kappa shape index (κ1) is 13.4. The molecule has 4 N–H and O–H groups in total. The molecule has 0 saturated heterocycles. The lowest BCUT2D eigenvalue weighted by atomic mass is 10.1. The first-order chi connectivity index (χ1) is 8.99. The number of halogens is 1. The molecule has 0 bridgehead atoms. The molecule has 0 aliphatic heterocycles. The molecule has 1 amide bonds. The summed E-state index contributed by atoms with van der Waals surface area (Å²) in [7, 11) is 0. The van der Waals surface area contributed by atoms with Crippen LogP contribution in [0.2, 0.25) is 5.02 Å². The smallest absolute Gasteiger partial charge is 0.279 e. The molecule has 2 aromatic rings. The van der Waals surface area contributed by atoms with Gasteiger partial charge in [-0.05, 0) is 18.1 Å². The molecule has 0 radical (unpaired) electrons. The summed E-state index contributed by atoms with van der Waals surface area (Å²) in [5, 5.41) is 9.81. The minimum absolute atomic E-state index is 0.167. The second kappa shape index (κ2) is 5.27. The molecule has 0 unspecified atom stereocenters. The number of nitrogens with one attached hydrogen (secondary N) is 2. The molecule has 2 rings (SSSR count). The number of nitrogens with two attached hydrogens (primary N) is 1. The fourth-order valence-corrected chi connectivity index (χ4v) is 1.71. The highest BCUT2D eigenvalue weighted by atomic mass is 35.5. The molecule has 0 atom stereocenters. The van der Waals surface area contributed by atoms with Crippen molar-refractivity contribution in [2.75, 3.05) is 11.1 Å². The van der Waals surface area contributed by atoms with E-state index in [9.17, 15) is 4.79 Å². The quantitative estimate of drug-likeness (QED) is 0.804. The molecule has 0 aliphatic carbocycles. The average Bonchev–Trinajstić information content (AvgIpc) is 2.74. The van der Waals surface area contributed by atoms with Crippen LogP contribution in [0, 0.1) is 0 Å². The number of pyridine rings is 1. The molecule has 0 aromatic carbocycles. The van der Waals surface area contributed by atoms with Crippen molar-refractivity contribution in [1.82, 2.24) is 15.2 Å². The number of carbonyl (C=O) groups excluding carboxylic acids is 1. The van der Waals surface area contributed by atoms with Crippen LogP contribution in [0.25, 0.3) is 0 Å². The molecule has 2 heterocycles. The molecule has 100 valence electrons. The predicted molar refractivity (Wildman–Crippen MR) is 74.3 cm³/mol. The van der Waals surface area contributed by atoms with Gasteiger partial charge in [0.1, 0.15) is 5.82 Å². The van der Waals surface area contributed by atoms with Gasteiger partial charge in [0.2, 0.25) is 0 Å². The number of aromatic amines is 1. The van der Waals surface area contributed by atoms with Crippen molar-refractivity contribution in [2.24, 2.45) is 0 Å². The Morgan fingerprint density at radius 2 is 2.21 bits per heavy atom. The van der Waals surface area contributed by atoms with Gasteiger partial charge in [0.25, 0.3) is 5.91 Å². The average molecular weight is 280 g/mol. The van der Waals surface area contributed by atoms with Gasteiger partial charge < -0.3 is 11.1 Å². The Balaban J connectivity index is 2.18. The van der Waals surface area contributed by atoms with Gasteiger partial charge in [0.05, 0.1) is 16.4 Å². The van der Waals surface area contributed by atoms with Crippen molar-refractivity contribution in [3.05, 3.63) is 34.7 Å². The van der Waals surface area contributed by atoms with Gasteiger partial charge in [0, 0.05) is 6.20 Å². The van der Waals surface area contributed by atoms with Crippen LogP contribution in [0.3, 0.4) is 0 Å². The van der Waals surface area contributed by atoms with Crippen LogP contribution in [-0.2, 0) is 0 Å². The van der Waals surface area contributed by atoms with Crippen molar-refractivity contribution in [3.63, 3.8) is 0 Å². The van der Waals surface area contributed by atoms with E-state index < -0.39 is 5.91 Å². The van der Waals surface area contributed by atoms with Crippen molar-refractivity contribution in [1.29, 1.82) is 0 Å². The largest absolute Gasteiger partial charge is 0.395 e. The van der Waals surface area contributed by atoms with Crippen LogP contribution in [0.5, 0.6) is 0 Å². The molecule has 6 nitrogen and oxygen atoms in total. The maximum Gasteiger partial charge on any atom is 0.279 e. The minimum atomic E-state index is -0.407. The fraction of sp³-hybridized carbons (Fsp3) is 0.250. The summed E-state index contributed by atoms with van der Waals surface area (Å²) in [5.74, 6) is 0.154. The van der Waals surface area contributed by atoms with Crippen molar-refractivity contribution < 1.29 is 4.79 Å². The van der Waals surface area contributed by atoms with Crippen LogP contribution < -0.4 is 11.1 Å². The Hall–Kier alpha value is -2.08. The molecule has 7 heteroatoms. The lowest BCUT2D eigenvalue weighted by Gasteiger charge is -2.04. The zero-order chi connectivity index (χ0) is 14.0. The Kier molecular flexibility index (Phi) is 3.71. The van der Waals surface area contributed by atoms with Gasteiger partial charge in [-0.3, -0.25) is 9.89 Å². The highest BCUT2D eigenvalue weighted by molar-refractivity contribution is 6.30. The second-order valence-electron chi connectivity index (χ2n) is 4.37. The number of nitrogen functional groups attached to an aromatic ring is 1. The number of anilines is 2. The monoisotopic (exact) mass is 279 g/mol. The summed E-state index contributed by atoms with van der Waals surface area (Å²) in [4.78, 5) is 16.0. The SMILES string of the molecule is CC(C)c1[nH]nc(C(=O)Nc2ccc(Cl)cn2)c1N. The minimum Gasteiger partial charge on any atom is -0.395 e. The van der Waals surface area contributed by atoms with E-state index in [2.05, 4.69) is 20.5 Å². The highest BCUT2D eigenvalue weighted by Crippen LogP contribution is 2.22. The topological polar surface area (TPSA) is 96.7 Å². The molecule has 19 heavy (non-hydrogen) atoms. The standard InChI is InChI=1S/C12H14ClN5O/c1-6(2)10-9(14)11(18-17-10)12(19)16-8-4-3-7(13)5-15-8/h3-6H,14H2,1-2H3,(H,17,18)(H,15,16,19). The van der Waals surface area contributed by atoms with E-state index in [0.717, 1.165) is 5.69 Å². The number of nitrogens with zero attached hydrogens (tertiary/aromatic N) is 2.